The maximum absolute atomic E-state index is 13.9. The van der Waals surface area contributed by atoms with Crippen molar-refractivity contribution in [2.24, 2.45) is 16.6 Å². The van der Waals surface area contributed by atoms with E-state index in [0.29, 0.717) is 0 Å². The molecule has 0 unspecified atom stereocenters. The molecule has 3 rings (SSSR count). The molecule has 1 aliphatic carbocycles. The first kappa shape index (κ1) is 13.0. The number of hydrogen-bond donors (Lipinski definition) is 2. The molecule has 1 aromatic carbocycles. The molecule has 0 amide bonds. The molecular formula is C12H11F4N3O. The molecule has 0 radical (unpaired) electrons. The molecule has 2 aliphatic rings. The van der Waals surface area contributed by atoms with Gasteiger partial charge in [-0.2, -0.15) is 13.2 Å². The normalized spacial score (nSPS) is 32.1. The lowest BCUT2D eigenvalue weighted by molar-refractivity contribution is -0.201. The molecule has 1 saturated carbocycles. The maximum atomic E-state index is 13.9. The summed E-state index contributed by atoms with van der Waals surface area (Å²) >= 11 is 0. The van der Waals surface area contributed by atoms with E-state index in [1.165, 1.54) is 6.07 Å². The molecule has 3 atom stereocenters. The van der Waals surface area contributed by atoms with Gasteiger partial charge in [0, 0.05) is 17.2 Å². The largest absolute Gasteiger partial charge is 0.462 e. The van der Waals surface area contributed by atoms with Gasteiger partial charge in [-0.25, -0.2) is 9.38 Å². The first-order valence-electron chi connectivity index (χ1n) is 5.90. The van der Waals surface area contributed by atoms with Crippen LogP contribution in [-0.2, 0) is 10.3 Å². The number of amidine groups is 1. The summed E-state index contributed by atoms with van der Waals surface area (Å²) in [5.74, 6) is -1.99. The second-order valence-electron chi connectivity index (χ2n) is 4.95. The molecule has 0 saturated heterocycles. The van der Waals surface area contributed by atoms with E-state index in [0.717, 1.165) is 12.1 Å². The van der Waals surface area contributed by atoms with E-state index >= 15 is 0 Å². The minimum absolute atomic E-state index is 0.0301. The fourth-order valence-corrected chi connectivity index (χ4v) is 2.70. The zero-order valence-corrected chi connectivity index (χ0v) is 10.1. The van der Waals surface area contributed by atoms with Crippen LogP contribution in [0.2, 0.25) is 0 Å². The Kier molecular flexibility index (Phi) is 2.45. The maximum Gasteiger partial charge on any atom is 0.418 e. The Morgan fingerprint density at radius 2 is 2.00 bits per heavy atom. The molecule has 8 heteroatoms. The molecular weight excluding hydrogens is 278 g/mol. The van der Waals surface area contributed by atoms with E-state index in [-0.39, 0.29) is 12.1 Å². The van der Waals surface area contributed by atoms with E-state index in [1.807, 2.05) is 0 Å². The molecule has 1 aliphatic heterocycles. The van der Waals surface area contributed by atoms with E-state index in [4.69, 9.17) is 16.2 Å². The van der Waals surface area contributed by atoms with Gasteiger partial charge in [-0.3, -0.25) is 0 Å². The highest BCUT2D eigenvalue weighted by atomic mass is 19.4. The molecule has 0 spiro atoms. The lowest BCUT2D eigenvalue weighted by Crippen LogP contribution is -2.48. The predicted octanol–water partition coefficient (Wildman–Crippen LogP) is 1.90. The van der Waals surface area contributed by atoms with Crippen molar-refractivity contribution in [2.45, 2.75) is 24.2 Å². The van der Waals surface area contributed by atoms with Crippen molar-refractivity contribution in [3.8, 4) is 0 Å². The van der Waals surface area contributed by atoms with Crippen molar-refractivity contribution >= 4 is 11.7 Å². The van der Waals surface area contributed by atoms with Crippen molar-refractivity contribution in [1.82, 2.24) is 0 Å². The number of nitrogens with zero attached hydrogens (tertiary/aromatic N) is 1. The number of alkyl halides is 3. The smallest absolute Gasteiger partial charge is 0.418 e. The SMILES string of the molecule is NC1=N[C@@](c2cc(N)ccc2F)(C(F)(F)F)[C@H]2C[C@H]2O1. The fourth-order valence-electron chi connectivity index (χ4n) is 2.70. The van der Waals surface area contributed by atoms with Crippen molar-refractivity contribution < 1.29 is 22.3 Å². The van der Waals surface area contributed by atoms with Crippen LogP contribution in [0.4, 0.5) is 23.2 Å². The van der Waals surface area contributed by atoms with Gasteiger partial charge in [0.05, 0.1) is 0 Å². The van der Waals surface area contributed by atoms with E-state index in [1.54, 1.807) is 0 Å². The Balaban J connectivity index is 2.27. The number of rotatable bonds is 1. The number of nitrogens with two attached hydrogens (primary N) is 2. The average molecular weight is 289 g/mol. The summed E-state index contributed by atoms with van der Waals surface area (Å²) in [6, 6.07) is 2.47. The van der Waals surface area contributed by atoms with Gasteiger partial charge >= 0.3 is 6.18 Å². The Labute approximate surface area is 111 Å². The summed E-state index contributed by atoms with van der Waals surface area (Å²) in [5.41, 5.74) is 7.51. The van der Waals surface area contributed by atoms with E-state index in [2.05, 4.69) is 4.99 Å². The number of benzene rings is 1. The minimum atomic E-state index is -4.80. The van der Waals surface area contributed by atoms with Crippen LogP contribution in [0.15, 0.2) is 23.2 Å². The zero-order valence-electron chi connectivity index (χ0n) is 10.1. The van der Waals surface area contributed by atoms with Crippen LogP contribution in [0.25, 0.3) is 0 Å². The van der Waals surface area contributed by atoms with Crippen molar-refractivity contribution in [2.75, 3.05) is 5.73 Å². The first-order valence-corrected chi connectivity index (χ1v) is 5.90. The molecule has 0 aromatic heterocycles. The highest BCUT2D eigenvalue weighted by Gasteiger charge is 2.71. The second-order valence-corrected chi connectivity index (χ2v) is 4.95. The third kappa shape index (κ3) is 1.63. The van der Waals surface area contributed by atoms with Gasteiger partial charge in [0.1, 0.15) is 11.9 Å². The van der Waals surface area contributed by atoms with Crippen LogP contribution in [0, 0.1) is 11.7 Å². The van der Waals surface area contributed by atoms with Gasteiger partial charge in [-0.1, -0.05) is 0 Å². The van der Waals surface area contributed by atoms with Gasteiger partial charge < -0.3 is 16.2 Å². The highest BCUT2D eigenvalue weighted by Crippen LogP contribution is 2.60. The van der Waals surface area contributed by atoms with Gasteiger partial charge in [0.2, 0.25) is 0 Å². The Bertz CT molecular complexity index is 601. The summed E-state index contributed by atoms with van der Waals surface area (Å²) in [6.45, 7) is 0. The van der Waals surface area contributed by atoms with Crippen molar-refractivity contribution in [3.05, 3.63) is 29.6 Å². The number of aliphatic imine (C=N–C) groups is 1. The third-order valence-corrected chi connectivity index (χ3v) is 3.66. The number of fused-ring (bicyclic) bond motifs is 1. The molecule has 1 aromatic rings. The van der Waals surface area contributed by atoms with Crippen LogP contribution in [0.5, 0.6) is 0 Å². The number of hydrogen-bond acceptors (Lipinski definition) is 4. The van der Waals surface area contributed by atoms with Crippen LogP contribution in [-0.4, -0.2) is 18.3 Å². The second kappa shape index (κ2) is 3.77. The lowest BCUT2D eigenvalue weighted by Gasteiger charge is -2.35. The fraction of sp³-hybridized carbons (Fsp3) is 0.417. The molecule has 0 bridgehead atoms. The molecule has 4 N–H and O–H groups in total. The van der Waals surface area contributed by atoms with Gasteiger partial charge in [-0.05, 0) is 24.6 Å². The first-order chi connectivity index (χ1) is 9.25. The van der Waals surface area contributed by atoms with Crippen LogP contribution < -0.4 is 11.5 Å². The lowest BCUT2D eigenvalue weighted by atomic mass is 9.83. The zero-order chi connectivity index (χ0) is 14.7. The van der Waals surface area contributed by atoms with Crippen LogP contribution in [0.1, 0.15) is 12.0 Å². The van der Waals surface area contributed by atoms with Crippen molar-refractivity contribution in [1.29, 1.82) is 0 Å². The third-order valence-electron chi connectivity index (χ3n) is 3.66. The number of ether oxygens (including phenoxy) is 1. The topological polar surface area (TPSA) is 73.6 Å². The Morgan fingerprint density at radius 3 is 2.65 bits per heavy atom. The quantitative estimate of drug-likeness (QED) is 0.612. The molecule has 1 heterocycles. The summed E-state index contributed by atoms with van der Waals surface area (Å²) in [6.07, 6.45) is -5.36. The predicted molar refractivity (Wildman–Crippen MR) is 63.1 cm³/mol. The molecule has 1 fully saturated rings. The van der Waals surface area contributed by atoms with Crippen molar-refractivity contribution in [3.63, 3.8) is 0 Å². The van der Waals surface area contributed by atoms with Crippen LogP contribution >= 0.6 is 0 Å². The number of halogens is 4. The molecule has 108 valence electrons. The van der Waals surface area contributed by atoms with Gasteiger partial charge in [0.25, 0.3) is 6.02 Å². The Morgan fingerprint density at radius 1 is 1.30 bits per heavy atom. The average Bonchev–Trinajstić information content (AvgIpc) is 3.08. The number of nitrogen functional groups attached to an aromatic ring is 1. The number of anilines is 1. The summed E-state index contributed by atoms with van der Waals surface area (Å²) in [5, 5.41) is 0. The Hall–Kier alpha value is -1.99. The molecule has 4 nitrogen and oxygen atoms in total. The standard InChI is InChI=1S/C12H11F4N3O/c13-8-2-1-5(17)3-6(8)11(12(14,15)16)7-4-9(7)20-10(18)19-11/h1-3,7,9H,4,17H2,(H2,18,19)/t7-,9+,11+/m0/s1. The summed E-state index contributed by atoms with van der Waals surface area (Å²) in [7, 11) is 0. The van der Waals surface area contributed by atoms with E-state index < -0.39 is 41.1 Å². The molecule has 20 heavy (non-hydrogen) atoms. The summed E-state index contributed by atoms with van der Waals surface area (Å²) in [4.78, 5) is 3.43. The van der Waals surface area contributed by atoms with Gasteiger partial charge in [-0.15, -0.1) is 0 Å². The van der Waals surface area contributed by atoms with Gasteiger partial charge in [0.15, 0.2) is 5.54 Å². The van der Waals surface area contributed by atoms with E-state index in [9.17, 15) is 17.6 Å². The minimum Gasteiger partial charge on any atom is -0.462 e. The van der Waals surface area contributed by atoms with Crippen LogP contribution in [0.3, 0.4) is 0 Å². The monoisotopic (exact) mass is 289 g/mol. The summed E-state index contributed by atoms with van der Waals surface area (Å²) < 4.78 is 59.8. The highest BCUT2D eigenvalue weighted by molar-refractivity contribution is 5.74.